The number of sulfonamides is 1. The summed E-state index contributed by atoms with van der Waals surface area (Å²) in [6.07, 6.45) is 5.14. The lowest BCUT2D eigenvalue weighted by Gasteiger charge is -2.17. The van der Waals surface area contributed by atoms with E-state index in [2.05, 4.69) is 9.97 Å². The van der Waals surface area contributed by atoms with E-state index in [1.54, 1.807) is 25.8 Å². The van der Waals surface area contributed by atoms with E-state index in [0.29, 0.717) is 12.4 Å². The predicted molar refractivity (Wildman–Crippen MR) is 88.2 cm³/mol. The van der Waals surface area contributed by atoms with E-state index in [-0.39, 0.29) is 12.3 Å². The zero-order chi connectivity index (χ0) is 16.4. The van der Waals surface area contributed by atoms with Crippen molar-refractivity contribution in [3.63, 3.8) is 0 Å². The average Bonchev–Trinajstić information content (AvgIpc) is 3.12. The molecule has 23 heavy (non-hydrogen) atoms. The van der Waals surface area contributed by atoms with Crippen LogP contribution in [0.4, 0.5) is 0 Å². The number of hydrogen-bond acceptors (Lipinski definition) is 4. The third kappa shape index (κ3) is 3.27. The van der Waals surface area contributed by atoms with Gasteiger partial charge in [0.2, 0.25) is 10.0 Å². The van der Waals surface area contributed by atoms with Gasteiger partial charge in [0.15, 0.2) is 0 Å². The van der Waals surface area contributed by atoms with Crippen LogP contribution < -0.4 is 0 Å². The third-order valence-electron chi connectivity index (χ3n) is 3.88. The van der Waals surface area contributed by atoms with Crippen LogP contribution in [0.3, 0.4) is 0 Å². The third-order valence-corrected chi connectivity index (χ3v) is 5.65. The summed E-state index contributed by atoms with van der Waals surface area (Å²) in [7, 11) is 0.0606. The van der Waals surface area contributed by atoms with Crippen LogP contribution in [0.25, 0.3) is 11.0 Å². The minimum Gasteiger partial charge on any atom is -0.337 e. The molecule has 0 bridgehead atoms. The fraction of sp³-hybridized carbons (Fsp3) is 0.333. The highest BCUT2D eigenvalue weighted by Crippen LogP contribution is 2.13. The lowest BCUT2D eigenvalue weighted by Crippen LogP contribution is -2.31. The second kappa shape index (κ2) is 6.13. The minimum atomic E-state index is -3.37. The maximum Gasteiger partial charge on any atom is 0.216 e. The van der Waals surface area contributed by atoms with E-state index in [1.807, 2.05) is 40.4 Å². The number of para-hydroxylation sites is 2. The second-order valence-corrected chi connectivity index (χ2v) is 7.65. The molecule has 3 rings (SSSR count). The summed E-state index contributed by atoms with van der Waals surface area (Å²) in [6, 6.07) is 7.68. The van der Waals surface area contributed by atoms with E-state index in [1.165, 1.54) is 4.31 Å². The first-order valence-electron chi connectivity index (χ1n) is 7.27. The summed E-state index contributed by atoms with van der Waals surface area (Å²) < 4.78 is 29.9. The number of aryl methyl sites for hydroxylation is 2. The Kier molecular flexibility index (Phi) is 4.18. The first-order valence-corrected chi connectivity index (χ1v) is 8.88. The van der Waals surface area contributed by atoms with Crippen molar-refractivity contribution in [1.29, 1.82) is 0 Å². The summed E-state index contributed by atoms with van der Waals surface area (Å²) in [5.74, 6) is 0.734. The maximum atomic E-state index is 12.5. The fourth-order valence-electron chi connectivity index (χ4n) is 2.40. The molecule has 0 aliphatic heterocycles. The van der Waals surface area contributed by atoms with Crippen molar-refractivity contribution >= 4 is 21.1 Å². The summed E-state index contributed by atoms with van der Waals surface area (Å²) in [5.41, 5.74) is 1.81. The van der Waals surface area contributed by atoms with Crippen LogP contribution in [0.2, 0.25) is 0 Å². The molecule has 1 aromatic carbocycles. The molecule has 2 aromatic heterocycles. The number of fused-ring (bicyclic) bond motifs is 1. The smallest absolute Gasteiger partial charge is 0.216 e. The van der Waals surface area contributed by atoms with E-state index in [9.17, 15) is 8.42 Å². The molecule has 0 aliphatic rings. The molecule has 0 N–H and O–H groups in total. The summed E-state index contributed by atoms with van der Waals surface area (Å²) in [5, 5.41) is 0. The van der Waals surface area contributed by atoms with Crippen LogP contribution in [-0.2, 0) is 30.2 Å². The topological polar surface area (TPSA) is 73.0 Å². The number of aromatic nitrogens is 4. The van der Waals surface area contributed by atoms with Gasteiger partial charge in [-0.25, -0.2) is 18.4 Å². The molecule has 122 valence electrons. The van der Waals surface area contributed by atoms with Gasteiger partial charge in [0.25, 0.3) is 0 Å². The standard InChI is InChI=1S/C15H19N5O2S/c1-18-8-7-16-15(18)11-19(2)23(21,22)10-9-20-12-17-13-5-3-4-6-14(13)20/h3-8,12H,9-11H2,1-2H3. The fourth-order valence-corrected chi connectivity index (χ4v) is 3.46. The van der Waals surface area contributed by atoms with Crippen molar-refractivity contribution in [1.82, 2.24) is 23.4 Å². The SMILES string of the molecule is CN(Cc1nccn1C)S(=O)(=O)CCn1cnc2ccccc21. The zero-order valence-electron chi connectivity index (χ0n) is 13.1. The van der Waals surface area contributed by atoms with Gasteiger partial charge >= 0.3 is 0 Å². The summed E-state index contributed by atoms with van der Waals surface area (Å²) >= 11 is 0. The molecule has 0 spiro atoms. The lowest BCUT2D eigenvalue weighted by molar-refractivity contribution is 0.449. The molecule has 3 aromatic rings. The molecule has 0 saturated heterocycles. The average molecular weight is 333 g/mol. The van der Waals surface area contributed by atoms with Gasteiger partial charge in [0, 0.05) is 33.0 Å². The predicted octanol–water partition coefficient (Wildman–Crippen LogP) is 1.23. The molecule has 0 atom stereocenters. The van der Waals surface area contributed by atoms with Gasteiger partial charge in [-0.3, -0.25) is 0 Å². The number of hydrogen-bond donors (Lipinski definition) is 0. The Hall–Kier alpha value is -2.19. The normalized spacial score (nSPS) is 12.3. The van der Waals surface area contributed by atoms with Crippen molar-refractivity contribution in [2.45, 2.75) is 13.1 Å². The Balaban J connectivity index is 1.70. The molecule has 0 fully saturated rings. The monoisotopic (exact) mass is 333 g/mol. The Labute approximate surface area is 135 Å². The molecular formula is C15H19N5O2S. The molecule has 0 saturated carbocycles. The molecule has 2 heterocycles. The maximum absolute atomic E-state index is 12.5. The summed E-state index contributed by atoms with van der Waals surface area (Å²) in [6.45, 7) is 0.629. The van der Waals surface area contributed by atoms with E-state index in [0.717, 1.165) is 11.0 Å². The Morgan fingerprint density at radius 3 is 2.74 bits per heavy atom. The first-order chi connectivity index (χ1) is 11.0. The van der Waals surface area contributed by atoms with Crippen molar-refractivity contribution in [3.8, 4) is 0 Å². The number of benzene rings is 1. The molecule has 8 heteroatoms. The van der Waals surface area contributed by atoms with Gasteiger partial charge in [-0.15, -0.1) is 0 Å². The Morgan fingerprint density at radius 2 is 2.00 bits per heavy atom. The quantitative estimate of drug-likeness (QED) is 0.680. The molecular weight excluding hydrogens is 314 g/mol. The summed E-state index contributed by atoms with van der Waals surface area (Å²) in [4.78, 5) is 8.44. The van der Waals surface area contributed by atoms with Crippen LogP contribution in [0, 0.1) is 0 Å². The van der Waals surface area contributed by atoms with Crippen molar-refractivity contribution in [3.05, 3.63) is 48.8 Å². The van der Waals surface area contributed by atoms with E-state index >= 15 is 0 Å². The van der Waals surface area contributed by atoms with E-state index < -0.39 is 10.0 Å². The largest absolute Gasteiger partial charge is 0.337 e. The second-order valence-electron chi connectivity index (χ2n) is 5.45. The van der Waals surface area contributed by atoms with Crippen LogP contribution in [0.5, 0.6) is 0 Å². The molecule has 0 aliphatic carbocycles. The minimum absolute atomic E-state index is 0.0221. The van der Waals surface area contributed by atoms with E-state index in [4.69, 9.17) is 0 Å². The van der Waals surface area contributed by atoms with Crippen LogP contribution in [-0.4, -0.2) is 44.6 Å². The van der Waals surface area contributed by atoms with Gasteiger partial charge in [0.1, 0.15) is 5.82 Å². The van der Waals surface area contributed by atoms with Gasteiger partial charge in [-0.05, 0) is 12.1 Å². The first kappa shape index (κ1) is 15.7. The van der Waals surface area contributed by atoms with Gasteiger partial charge in [-0.1, -0.05) is 12.1 Å². The molecule has 0 radical (unpaired) electrons. The molecule has 7 nitrogen and oxygen atoms in total. The zero-order valence-corrected chi connectivity index (χ0v) is 13.9. The highest BCUT2D eigenvalue weighted by atomic mass is 32.2. The van der Waals surface area contributed by atoms with Crippen LogP contribution in [0.15, 0.2) is 43.0 Å². The van der Waals surface area contributed by atoms with Crippen molar-refractivity contribution in [2.75, 3.05) is 12.8 Å². The highest BCUT2D eigenvalue weighted by Gasteiger charge is 2.20. The van der Waals surface area contributed by atoms with Crippen molar-refractivity contribution < 1.29 is 8.42 Å². The van der Waals surface area contributed by atoms with Gasteiger partial charge < -0.3 is 9.13 Å². The van der Waals surface area contributed by atoms with Crippen LogP contribution in [0.1, 0.15) is 5.82 Å². The lowest BCUT2D eigenvalue weighted by atomic mass is 10.3. The molecule has 0 unspecified atom stereocenters. The Morgan fingerprint density at radius 1 is 1.22 bits per heavy atom. The number of rotatable bonds is 6. The number of imidazole rings is 2. The molecule has 0 amide bonds. The van der Waals surface area contributed by atoms with Gasteiger partial charge in [0.05, 0.1) is 29.7 Å². The highest BCUT2D eigenvalue weighted by molar-refractivity contribution is 7.89. The van der Waals surface area contributed by atoms with Crippen LogP contribution >= 0.6 is 0 Å². The van der Waals surface area contributed by atoms with Gasteiger partial charge in [-0.2, -0.15) is 4.31 Å². The number of nitrogens with zero attached hydrogens (tertiary/aromatic N) is 5. The van der Waals surface area contributed by atoms with Crippen molar-refractivity contribution in [2.24, 2.45) is 7.05 Å². The Bertz CT molecular complexity index is 913.